The Kier molecular flexibility index (Phi) is 5.96. The van der Waals surface area contributed by atoms with Gasteiger partial charge >= 0.3 is 6.03 Å². The highest BCUT2D eigenvalue weighted by atomic mass is 16.5. The summed E-state index contributed by atoms with van der Waals surface area (Å²) in [7, 11) is 1.67. The summed E-state index contributed by atoms with van der Waals surface area (Å²) in [5, 5.41) is 3.03. The summed E-state index contributed by atoms with van der Waals surface area (Å²) < 4.78 is 10.8. The number of methoxy groups -OCH3 is 1. The van der Waals surface area contributed by atoms with Crippen molar-refractivity contribution in [2.45, 2.75) is 38.1 Å². The van der Waals surface area contributed by atoms with Crippen molar-refractivity contribution in [3.63, 3.8) is 0 Å². The first kappa shape index (κ1) is 17.1. The van der Waals surface area contributed by atoms with Gasteiger partial charge in [0.2, 0.25) is 0 Å². The topological polar surface area (TPSA) is 50.8 Å². The van der Waals surface area contributed by atoms with Crippen molar-refractivity contribution in [3.05, 3.63) is 29.8 Å². The average Bonchev–Trinajstić information content (AvgIpc) is 3.31. The number of ether oxygens (including phenoxy) is 2. The molecule has 5 nitrogen and oxygen atoms in total. The largest absolute Gasteiger partial charge is 0.497 e. The normalized spacial score (nSPS) is 20.2. The summed E-state index contributed by atoms with van der Waals surface area (Å²) in [6.07, 6.45) is 5.58. The molecule has 0 aromatic heterocycles. The highest BCUT2D eigenvalue weighted by Gasteiger charge is 2.29. The van der Waals surface area contributed by atoms with Crippen LogP contribution < -0.4 is 10.1 Å². The SMILES string of the molecule is COc1ccc(C2CCCN2C(=O)NCCCOCC2CC2)cc1. The Morgan fingerprint density at radius 2 is 2.04 bits per heavy atom. The molecule has 1 saturated carbocycles. The second-order valence-electron chi connectivity index (χ2n) is 6.73. The second kappa shape index (κ2) is 8.38. The van der Waals surface area contributed by atoms with Gasteiger partial charge in [-0.2, -0.15) is 0 Å². The highest BCUT2D eigenvalue weighted by molar-refractivity contribution is 5.75. The number of urea groups is 1. The van der Waals surface area contributed by atoms with E-state index in [9.17, 15) is 4.79 Å². The van der Waals surface area contributed by atoms with Gasteiger partial charge in [0.1, 0.15) is 5.75 Å². The van der Waals surface area contributed by atoms with E-state index in [-0.39, 0.29) is 12.1 Å². The van der Waals surface area contributed by atoms with Gasteiger partial charge in [-0.3, -0.25) is 0 Å². The molecule has 1 unspecified atom stereocenters. The van der Waals surface area contributed by atoms with E-state index in [1.54, 1.807) is 7.11 Å². The molecule has 0 radical (unpaired) electrons. The van der Waals surface area contributed by atoms with Crippen LogP contribution in [0.1, 0.15) is 43.7 Å². The van der Waals surface area contributed by atoms with E-state index >= 15 is 0 Å². The zero-order valence-electron chi connectivity index (χ0n) is 14.5. The molecular formula is C19H28N2O3. The number of hydrogen-bond acceptors (Lipinski definition) is 3. The van der Waals surface area contributed by atoms with Crippen molar-refractivity contribution in [3.8, 4) is 5.75 Å². The summed E-state index contributed by atoms with van der Waals surface area (Å²) in [4.78, 5) is 14.4. The average molecular weight is 332 g/mol. The molecule has 132 valence electrons. The van der Waals surface area contributed by atoms with Gasteiger partial charge in [-0.15, -0.1) is 0 Å². The van der Waals surface area contributed by atoms with Crippen LogP contribution in [-0.2, 0) is 4.74 Å². The molecule has 3 rings (SSSR count). The third-order valence-corrected chi connectivity index (χ3v) is 4.81. The van der Waals surface area contributed by atoms with Gasteiger partial charge in [0.15, 0.2) is 0 Å². The number of hydrogen-bond donors (Lipinski definition) is 1. The molecule has 1 heterocycles. The van der Waals surface area contributed by atoms with Crippen molar-refractivity contribution < 1.29 is 14.3 Å². The molecule has 1 saturated heterocycles. The summed E-state index contributed by atoms with van der Waals surface area (Å²) >= 11 is 0. The van der Waals surface area contributed by atoms with Gasteiger partial charge in [-0.25, -0.2) is 4.79 Å². The molecular weight excluding hydrogens is 304 g/mol. The number of carbonyl (C=O) groups is 1. The number of likely N-dealkylation sites (tertiary alicyclic amines) is 1. The number of nitrogens with zero attached hydrogens (tertiary/aromatic N) is 1. The van der Waals surface area contributed by atoms with Gasteiger partial charge < -0.3 is 19.7 Å². The summed E-state index contributed by atoms with van der Waals surface area (Å²) in [5.41, 5.74) is 1.18. The van der Waals surface area contributed by atoms with E-state index in [4.69, 9.17) is 9.47 Å². The predicted molar refractivity (Wildman–Crippen MR) is 93.2 cm³/mol. The third kappa shape index (κ3) is 4.63. The van der Waals surface area contributed by atoms with Crippen molar-refractivity contribution in [2.75, 3.05) is 33.4 Å². The number of amides is 2. The fraction of sp³-hybridized carbons (Fsp3) is 0.632. The number of carbonyl (C=O) groups excluding carboxylic acids is 1. The van der Waals surface area contributed by atoms with Crippen LogP contribution >= 0.6 is 0 Å². The Bertz CT molecular complexity index is 528. The van der Waals surface area contributed by atoms with Gasteiger partial charge in [0.05, 0.1) is 13.2 Å². The second-order valence-corrected chi connectivity index (χ2v) is 6.73. The Balaban J connectivity index is 1.42. The quantitative estimate of drug-likeness (QED) is 0.743. The van der Waals surface area contributed by atoms with Crippen LogP contribution in [-0.4, -0.2) is 44.3 Å². The van der Waals surface area contributed by atoms with Gasteiger partial charge in [-0.1, -0.05) is 12.1 Å². The lowest BCUT2D eigenvalue weighted by Crippen LogP contribution is -2.40. The zero-order chi connectivity index (χ0) is 16.8. The van der Waals surface area contributed by atoms with Crippen LogP contribution in [0.5, 0.6) is 5.75 Å². The maximum atomic E-state index is 12.5. The third-order valence-electron chi connectivity index (χ3n) is 4.81. The van der Waals surface area contributed by atoms with E-state index in [1.165, 1.54) is 18.4 Å². The van der Waals surface area contributed by atoms with Crippen LogP contribution in [0.25, 0.3) is 0 Å². The number of rotatable bonds is 8. The lowest BCUT2D eigenvalue weighted by molar-refractivity contribution is 0.121. The molecule has 0 spiro atoms. The molecule has 5 heteroatoms. The van der Waals surface area contributed by atoms with Gasteiger partial charge in [0, 0.05) is 26.3 Å². The molecule has 0 bridgehead atoms. The smallest absolute Gasteiger partial charge is 0.317 e. The fourth-order valence-corrected chi connectivity index (χ4v) is 3.19. The van der Waals surface area contributed by atoms with E-state index < -0.39 is 0 Å². The Morgan fingerprint density at radius 1 is 1.25 bits per heavy atom. The lowest BCUT2D eigenvalue weighted by atomic mass is 10.0. The summed E-state index contributed by atoms with van der Waals surface area (Å²) in [6.45, 7) is 3.12. The number of benzene rings is 1. The van der Waals surface area contributed by atoms with Crippen LogP contribution in [0, 0.1) is 5.92 Å². The molecule has 1 aromatic carbocycles. The molecule has 2 amide bonds. The minimum Gasteiger partial charge on any atom is -0.497 e. The van der Waals surface area contributed by atoms with Crippen molar-refractivity contribution in [2.24, 2.45) is 5.92 Å². The van der Waals surface area contributed by atoms with Crippen LogP contribution in [0.4, 0.5) is 4.79 Å². The zero-order valence-corrected chi connectivity index (χ0v) is 14.5. The Morgan fingerprint density at radius 3 is 2.75 bits per heavy atom. The molecule has 1 aromatic rings. The maximum Gasteiger partial charge on any atom is 0.317 e. The van der Waals surface area contributed by atoms with E-state index in [2.05, 4.69) is 17.4 Å². The first-order valence-corrected chi connectivity index (χ1v) is 9.04. The standard InChI is InChI=1S/C19H28N2O3/c1-23-17-9-7-16(8-10-17)18-4-2-12-21(18)19(22)20-11-3-13-24-14-15-5-6-15/h7-10,15,18H,2-6,11-14H2,1H3,(H,20,22). The fourth-order valence-electron chi connectivity index (χ4n) is 3.19. The van der Waals surface area contributed by atoms with E-state index in [1.807, 2.05) is 17.0 Å². The van der Waals surface area contributed by atoms with Gasteiger partial charge in [-0.05, 0) is 55.7 Å². The minimum atomic E-state index is 0.0375. The summed E-state index contributed by atoms with van der Waals surface area (Å²) in [5.74, 6) is 1.65. The van der Waals surface area contributed by atoms with Crippen molar-refractivity contribution in [1.29, 1.82) is 0 Å². The first-order valence-electron chi connectivity index (χ1n) is 9.04. The van der Waals surface area contributed by atoms with Gasteiger partial charge in [0.25, 0.3) is 0 Å². The van der Waals surface area contributed by atoms with Crippen LogP contribution in [0.2, 0.25) is 0 Å². The van der Waals surface area contributed by atoms with Crippen LogP contribution in [0.15, 0.2) is 24.3 Å². The molecule has 1 N–H and O–H groups in total. The minimum absolute atomic E-state index is 0.0375. The molecule has 1 aliphatic heterocycles. The van der Waals surface area contributed by atoms with E-state index in [0.29, 0.717) is 6.54 Å². The monoisotopic (exact) mass is 332 g/mol. The summed E-state index contributed by atoms with van der Waals surface area (Å²) in [6, 6.07) is 8.24. The first-order chi connectivity index (χ1) is 11.8. The van der Waals surface area contributed by atoms with Crippen LogP contribution in [0.3, 0.4) is 0 Å². The lowest BCUT2D eigenvalue weighted by Gasteiger charge is -2.25. The molecule has 2 fully saturated rings. The number of nitrogens with one attached hydrogen (secondary N) is 1. The predicted octanol–water partition coefficient (Wildman–Crippen LogP) is 3.36. The molecule has 2 aliphatic rings. The Labute approximate surface area is 144 Å². The van der Waals surface area contributed by atoms with Crippen molar-refractivity contribution >= 4 is 6.03 Å². The molecule has 1 atom stereocenters. The van der Waals surface area contributed by atoms with E-state index in [0.717, 1.165) is 50.7 Å². The molecule has 24 heavy (non-hydrogen) atoms. The molecule has 1 aliphatic carbocycles. The Hall–Kier alpha value is -1.75. The maximum absolute atomic E-state index is 12.5. The van der Waals surface area contributed by atoms with Crippen molar-refractivity contribution in [1.82, 2.24) is 10.2 Å². The highest BCUT2D eigenvalue weighted by Crippen LogP contribution is 2.32.